The zero-order chi connectivity index (χ0) is 16.4. The molecule has 0 fully saturated rings. The van der Waals surface area contributed by atoms with Gasteiger partial charge >= 0.3 is 5.97 Å². The van der Waals surface area contributed by atoms with Gasteiger partial charge in [0.25, 0.3) is 0 Å². The van der Waals surface area contributed by atoms with Gasteiger partial charge in [0.2, 0.25) is 5.13 Å². The summed E-state index contributed by atoms with van der Waals surface area (Å²) in [5.74, 6) is -0.322. The number of carbonyl (C=O) groups excluding carboxylic acids is 1. The topological polar surface area (TPSA) is 89.9 Å². The van der Waals surface area contributed by atoms with Crippen molar-refractivity contribution >= 4 is 55.8 Å². The van der Waals surface area contributed by atoms with Gasteiger partial charge in [-0.25, -0.2) is 14.8 Å². The molecule has 0 aliphatic rings. The molecule has 0 saturated carbocycles. The quantitative estimate of drug-likeness (QED) is 0.543. The largest absolute Gasteiger partial charge is 0.462 e. The maximum Gasteiger partial charge on any atom is 0.348 e. The first-order valence-electron chi connectivity index (χ1n) is 6.74. The molecule has 0 radical (unpaired) electrons. The van der Waals surface area contributed by atoms with Gasteiger partial charge in [0.1, 0.15) is 21.1 Å². The molecule has 0 aliphatic carbocycles. The van der Waals surface area contributed by atoms with Crippen LogP contribution in [0.3, 0.4) is 0 Å². The number of hydrogen-bond donors (Lipinski definition) is 1. The summed E-state index contributed by atoms with van der Waals surface area (Å²) in [7, 11) is 1.80. The van der Waals surface area contributed by atoms with Crippen molar-refractivity contribution in [3.05, 3.63) is 16.8 Å². The second-order valence-corrected chi connectivity index (χ2v) is 7.57. The van der Waals surface area contributed by atoms with Crippen molar-refractivity contribution in [3.8, 4) is 0 Å². The monoisotopic (exact) mass is 367 g/mol. The highest BCUT2D eigenvalue weighted by atomic mass is 32.2. The molecule has 0 bridgehead atoms. The molecule has 0 spiro atoms. The Morgan fingerprint density at radius 1 is 1.35 bits per heavy atom. The third-order valence-corrected chi connectivity index (χ3v) is 6.13. The number of ether oxygens (including phenoxy) is 1. The molecule has 0 unspecified atom stereocenters. The van der Waals surface area contributed by atoms with Crippen molar-refractivity contribution in [2.75, 3.05) is 19.0 Å². The van der Waals surface area contributed by atoms with Gasteiger partial charge in [0, 0.05) is 12.4 Å². The van der Waals surface area contributed by atoms with E-state index in [0.29, 0.717) is 11.5 Å². The van der Waals surface area contributed by atoms with Crippen LogP contribution in [0.5, 0.6) is 0 Å². The maximum absolute atomic E-state index is 12.1. The Balaban J connectivity index is 2.02. The Bertz CT molecular complexity index is 861. The van der Waals surface area contributed by atoms with Crippen LogP contribution in [0, 0.1) is 6.92 Å². The van der Waals surface area contributed by atoms with Gasteiger partial charge in [-0.15, -0.1) is 21.5 Å². The summed E-state index contributed by atoms with van der Waals surface area (Å²) in [5.41, 5.74) is 0.838. The van der Waals surface area contributed by atoms with Gasteiger partial charge in [0.05, 0.1) is 6.61 Å². The SMILES string of the molecule is CCOC(=O)c1sc2ncnc(Sc3nnc(NC)s3)c2c1C. The number of nitrogens with zero attached hydrogens (tertiary/aromatic N) is 4. The van der Waals surface area contributed by atoms with Crippen molar-refractivity contribution in [3.63, 3.8) is 0 Å². The molecule has 0 aromatic carbocycles. The second-order valence-electron chi connectivity index (χ2n) is 4.36. The molecule has 0 amide bonds. The fraction of sp³-hybridized carbons (Fsp3) is 0.308. The zero-order valence-corrected chi connectivity index (χ0v) is 15.1. The van der Waals surface area contributed by atoms with E-state index in [2.05, 4.69) is 25.5 Å². The number of nitrogens with one attached hydrogen (secondary N) is 1. The van der Waals surface area contributed by atoms with Crippen molar-refractivity contribution in [1.82, 2.24) is 20.2 Å². The van der Waals surface area contributed by atoms with E-state index in [4.69, 9.17) is 4.74 Å². The Kier molecular flexibility index (Phi) is 4.74. The molecular formula is C13H13N5O2S3. The van der Waals surface area contributed by atoms with E-state index in [1.165, 1.54) is 40.8 Å². The van der Waals surface area contributed by atoms with E-state index in [9.17, 15) is 4.79 Å². The van der Waals surface area contributed by atoms with Gasteiger partial charge in [0.15, 0.2) is 4.34 Å². The summed E-state index contributed by atoms with van der Waals surface area (Å²) in [4.78, 5) is 22.0. The van der Waals surface area contributed by atoms with E-state index < -0.39 is 0 Å². The molecule has 0 saturated heterocycles. The maximum atomic E-state index is 12.1. The lowest BCUT2D eigenvalue weighted by molar-refractivity contribution is 0.0531. The normalized spacial score (nSPS) is 10.9. The molecule has 120 valence electrons. The van der Waals surface area contributed by atoms with Crippen LogP contribution in [0.15, 0.2) is 15.7 Å². The Morgan fingerprint density at radius 2 is 2.17 bits per heavy atom. The fourth-order valence-corrected chi connectivity index (χ4v) is 4.82. The van der Waals surface area contributed by atoms with Gasteiger partial charge in [-0.2, -0.15) is 0 Å². The molecule has 3 aromatic rings. The highest BCUT2D eigenvalue weighted by Gasteiger charge is 2.21. The molecule has 3 aromatic heterocycles. The van der Waals surface area contributed by atoms with Gasteiger partial charge in [-0.1, -0.05) is 11.3 Å². The molecule has 23 heavy (non-hydrogen) atoms. The van der Waals surface area contributed by atoms with Crippen LogP contribution in [0.1, 0.15) is 22.2 Å². The predicted octanol–water partition coefficient (Wildman–Crippen LogP) is 3.22. The smallest absolute Gasteiger partial charge is 0.348 e. The number of carbonyl (C=O) groups is 1. The summed E-state index contributed by atoms with van der Waals surface area (Å²) < 4.78 is 5.88. The minimum atomic E-state index is -0.322. The van der Waals surface area contributed by atoms with Crippen molar-refractivity contribution in [1.29, 1.82) is 0 Å². The van der Waals surface area contributed by atoms with E-state index >= 15 is 0 Å². The van der Waals surface area contributed by atoms with E-state index in [0.717, 1.165) is 30.3 Å². The molecule has 10 heteroatoms. The molecular weight excluding hydrogens is 354 g/mol. The van der Waals surface area contributed by atoms with Crippen LogP contribution in [0.4, 0.5) is 5.13 Å². The molecule has 7 nitrogen and oxygen atoms in total. The minimum absolute atomic E-state index is 0.322. The lowest BCUT2D eigenvalue weighted by atomic mass is 10.2. The summed E-state index contributed by atoms with van der Waals surface area (Å²) >= 11 is 4.18. The van der Waals surface area contributed by atoms with Crippen molar-refractivity contribution in [2.24, 2.45) is 0 Å². The number of rotatable bonds is 5. The highest BCUT2D eigenvalue weighted by molar-refractivity contribution is 8.01. The number of aromatic nitrogens is 4. The second kappa shape index (κ2) is 6.77. The van der Waals surface area contributed by atoms with Crippen LogP contribution < -0.4 is 5.32 Å². The average molecular weight is 367 g/mol. The van der Waals surface area contributed by atoms with Crippen LogP contribution in [-0.4, -0.2) is 39.8 Å². The van der Waals surface area contributed by atoms with Gasteiger partial charge in [-0.05, 0) is 31.2 Å². The summed E-state index contributed by atoms with van der Waals surface area (Å²) in [5, 5.41) is 13.4. The third-order valence-electron chi connectivity index (χ3n) is 2.96. The third kappa shape index (κ3) is 3.14. The van der Waals surface area contributed by atoms with Crippen molar-refractivity contribution < 1.29 is 9.53 Å². The molecule has 1 N–H and O–H groups in total. The van der Waals surface area contributed by atoms with Crippen LogP contribution in [-0.2, 0) is 4.74 Å². The number of thiophene rings is 1. The summed E-state index contributed by atoms with van der Waals surface area (Å²) in [6.07, 6.45) is 1.50. The lowest BCUT2D eigenvalue weighted by Gasteiger charge is -2.01. The summed E-state index contributed by atoms with van der Waals surface area (Å²) in [6, 6.07) is 0. The van der Waals surface area contributed by atoms with E-state index in [1.807, 2.05) is 6.92 Å². The Hall–Kier alpha value is -1.78. The van der Waals surface area contributed by atoms with E-state index in [-0.39, 0.29) is 5.97 Å². The zero-order valence-electron chi connectivity index (χ0n) is 12.6. The molecule has 0 atom stereocenters. The number of fused-ring (bicyclic) bond motifs is 1. The number of aryl methyl sites for hydroxylation is 1. The Labute approximate surface area is 144 Å². The predicted molar refractivity (Wildman–Crippen MR) is 91.7 cm³/mol. The van der Waals surface area contributed by atoms with Crippen LogP contribution in [0.25, 0.3) is 10.2 Å². The highest BCUT2D eigenvalue weighted by Crippen LogP contribution is 2.39. The van der Waals surface area contributed by atoms with Crippen molar-refractivity contribution in [2.45, 2.75) is 23.2 Å². The van der Waals surface area contributed by atoms with Crippen LogP contribution >= 0.6 is 34.4 Å². The number of anilines is 1. The van der Waals surface area contributed by atoms with Gasteiger partial charge in [-0.3, -0.25) is 0 Å². The minimum Gasteiger partial charge on any atom is -0.462 e. The van der Waals surface area contributed by atoms with Gasteiger partial charge < -0.3 is 10.1 Å². The van der Waals surface area contributed by atoms with Crippen LogP contribution in [0.2, 0.25) is 0 Å². The van der Waals surface area contributed by atoms with E-state index in [1.54, 1.807) is 14.0 Å². The fourth-order valence-electron chi connectivity index (χ4n) is 1.94. The number of esters is 1. The average Bonchev–Trinajstić information content (AvgIpc) is 3.13. The Morgan fingerprint density at radius 3 is 2.87 bits per heavy atom. The molecule has 3 heterocycles. The lowest BCUT2D eigenvalue weighted by Crippen LogP contribution is -2.03. The molecule has 0 aliphatic heterocycles. The first kappa shape index (κ1) is 16.1. The first-order valence-corrected chi connectivity index (χ1v) is 9.19. The molecule has 3 rings (SSSR count). The first-order chi connectivity index (χ1) is 11.1. The summed E-state index contributed by atoms with van der Waals surface area (Å²) in [6.45, 7) is 4.02. The standard InChI is InChI=1S/C13H13N5O2S3/c1-4-20-11(19)8-6(2)7-9(21-8)15-5-16-10(7)22-13-18-17-12(14-3)23-13/h5H,4H2,1-3H3,(H,14,17). The number of hydrogen-bond acceptors (Lipinski definition) is 10.